The smallest absolute Gasteiger partial charge is 0.414 e. The number of carbonyl (C=O) groups excluding carboxylic acids is 2. The van der Waals surface area contributed by atoms with Crippen LogP contribution in [-0.2, 0) is 16.1 Å². The monoisotopic (exact) mass is 256 g/mol. The second-order valence-electron chi connectivity index (χ2n) is 4.46. The summed E-state index contributed by atoms with van der Waals surface area (Å²) in [5.41, 5.74) is 1.35. The van der Waals surface area contributed by atoms with E-state index in [2.05, 4.69) is 15.4 Å². The maximum absolute atomic E-state index is 11.4. The van der Waals surface area contributed by atoms with Crippen LogP contribution in [0.5, 0.6) is 0 Å². The Morgan fingerprint density at radius 3 is 2.72 bits per heavy atom. The molecule has 0 saturated heterocycles. The third-order valence-corrected chi connectivity index (χ3v) is 1.62. The molecule has 9 nitrogen and oxygen atoms in total. The Morgan fingerprint density at radius 1 is 1.50 bits per heavy atom. The predicted octanol–water partition coefficient (Wildman–Crippen LogP) is -0.385. The number of nitrogens with one attached hydrogen (secondary N) is 2. The lowest BCUT2D eigenvalue weighted by Gasteiger charge is -2.18. The molecule has 0 unspecified atom stereocenters. The predicted molar refractivity (Wildman–Crippen MR) is 62.2 cm³/mol. The van der Waals surface area contributed by atoms with Crippen LogP contribution in [0.2, 0.25) is 0 Å². The highest BCUT2D eigenvalue weighted by Crippen LogP contribution is 2.08. The molecule has 0 aliphatic carbocycles. The molecule has 0 aliphatic heterocycles. The number of hydrazine groups is 1. The molecule has 0 atom stereocenters. The Hall–Kier alpha value is -2.16. The summed E-state index contributed by atoms with van der Waals surface area (Å²) < 4.78 is 6.25. The van der Waals surface area contributed by atoms with E-state index in [0.29, 0.717) is 0 Å². The molecular weight excluding hydrogens is 240 g/mol. The summed E-state index contributed by atoms with van der Waals surface area (Å²) in [5, 5.41) is 6.19. The lowest BCUT2D eigenvalue weighted by molar-refractivity contribution is -0.121. The van der Waals surface area contributed by atoms with Crippen molar-refractivity contribution in [3.63, 3.8) is 0 Å². The van der Waals surface area contributed by atoms with Crippen molar-refractivity contribution in [1.29, 1.82) is 0 Å². The van der Waals surface area contributed by atoms with Gasteiger partial charge in [0.1, 0.15) is 18.5 Å². The molecule has 0 aliphatic rings. The fraction of sp³-hybridized carbons (Fsp3) is 0.556. The first-order valence-electron chi connectivity index (χ1n) is 5.19. The lowest BCUT2D eigenvalue weighted by Crippen LogP contribution is -2.33. The normalized spacial score (nSPS) is 10.9. The number of hydrogen-bond donors (Lipinski definition) is 3. The molecule has 0 spiro atoms. The minimum Gasteiger partial charge on any atom is -0.444 e. The molecule has 0 fully saturated rings. The van der Waals surface area contributed by atoms with Gasteiger partial charge in [0, 0.05) is 0 Å². The average molecular weight is 256 g/mol. The number of rotatable bonds is 3. The van der Waals surface area contributed by atoms with Gasteiger partial charge in [-0.1, -0.05) is 0 Å². The number of ether oxygens (including phenoxy) is 1. The summed E-state index contributed by atoms with van der Waals surface area (Å²) in [7, 11) is 0. The van der Waals surface area contributed by atoms with Crippen molar-refractivity contribution in [2.75, 3.05) is 5.32 Å². The van der Waals surface area contributed by atoms with Crippen molar-refractivity contribution in [2.24, 2.45) is 5.84 Å². The van der Waals surface area contributed by atoms with Crippen LogP contribution in [0.25, 0.3) is 0 Å². The first-order chi connectivity index (χ1) is 8.30. The number of carbonyl (C=O) groups is 2. The van der Waals surface area contributed by atoms with Crippen molar-refractivity contribution in [1.82, 2.24) is 20.2 Å². The van der Waals surface area contributed by atoms with E-state index in [1.807, 2.05) is 5.43 Å². The summed E-state index contributed by atoms with van der Waals surface area (Å²) in [6, 6.07) is 0. The zero-order chi connectivity index (χ0) is 13.8. The molecule has 0 saturated carbocycles. The van der Waals surface area contributed by atoms with Crippen LogP contribution < -0.4 is 16.6 Å². The van der Waals surface area contributed by atoms with E-state index in [0.717, 1.165) is 0 Å². The molecule has 0 bridgehead atoms. The minimum absolute atomic E-state index is 0.0501. The molecule has 18 heavy (non-hydrogen) atoms. The number of amides is 2. The summed E-state index contributed by atoms with van der Waals surface area (Å²) in [6.07, 6.45) is 0.630. The summed E-state index contributed by atoms with van der Waals surface area (Å²) >= 11 is 0. The second kappa shape index (κ2) is 5.45. The Balaban J connectivity index is 2.54. The zero-order valence-corrected chi connectivity index (χ0v) is 10.4. The Kier molecular flexibility index (Phi) is 4.21. The molecule has 100 valence electrons. The van der Waals surface area contributed by atoms with Crippen molar-refractivity contribution in [3.05, 3.63) is 6.33 Å². The van der Waals surface area contributed by atoms with Crippen LogP contribution >= 0.6 is 0 Å². The second-order valence-corrected chi connectivity index (χ2v) is 4.46. The molecule has 2 amide bonds. The molecule has 4 N–H and O–H groups in total. The molecule has 0 radical (unpaired) electrons. The van der Waals surface area contributed by atoms with Gasteiger partial charge < -0.3 is 4.74 Å². The number of nitrogens with zero attached hydrogens (tertiary/aromatic N) is 3. The molecule has 1 rings (SSSR count). The molecule has 9 heteroatoms. The third-order valence-electron chi connectivity index (χ3n) is 1.62. The van der Waals surface area contributed by atoms with Crippen molar-refractivity contribution in [2.45, 2.75) is 32.9 Å². The Bertz CT molecular complexity index is 436. The maximum atomic E-state index is 11.4. The van der Waals surface area contributed by atoms with Crippen LogP contribution in [0.3, 0.4) is 0 Å². The van der Waals surface area contributed by atoms with Crippen LogP contribution in [0.4, 0.5) is 10.7 Å². The molecule has 1 aromatic heterocycles. The number of aromatic nitrogens is 3. The third kappa shape index (κ3) is 4.78. The van der Waals surface area contributed by atoms with Gasteiger partial charge >= 0.3 is 6.09 Å². The van der Waals surface area contributed by atoms with Gasteiger partial charge in [-0.25, -0.2) is 20.3 Å². The van der Waals surface area contributed by atoms with E-state index in [1.54, 1.807) is 20.8 Å². The van der Waals surface area contributed by atoms with Crippen molar-refractivity contribution < 1.29 is 14.3 Å². The van der Waals surface area contributed by atoms with Gasteiger partial charge in [0.15, 0.2) is 0 Å². The number of nitrogens with two attached hydrogens (primary N) is 1. The van der Waals surface area contributed by atoms with E-state index in [-0.39, 0.29) is 12.5 Å². The summed E-state index contributed by atoms with van der Waals surface area (Å²) in [4.78, 5) is 26.2. The minimum atomic E-state index is -0.663. The standard InChI is InChI=1S/C9H16N6O3/c1-9(2,3)18-8(17)12-7-11-5-15(14-7)4-6(16)13-10/h5H,4,10H2,1-3H3,(H,13,16)(H,12,14,17). The molecule has 1 aromatic rings. The first kappa shape index (κ1) is 13.9. The van der Waals surface area contributed by atoms with Crippen LogP contribution in [0.15, 0.2) is 6.33 Å². The highest BCUT2D eigenvalue weighted by Gasteiger charge is 2.17. The summed E-state index contributed by atoms with van der Waals surface area (Å²) in [5.74, 6) is 4.55. The Morgan fingerprint density at radius 2 is 2.17 bits per heavy atom. The van der Waals surface area contributed by atoms with E-state index < -0.39 is 17.6 Å². The maximum Gasteiger partial charge on any atom is 0.414 e. The quantitative estimate of drug-likeness (QED) is 0.384. The van der Waals surface area contributed by atoms with Gasteiger partial charge in [-0.3, -0.25) is 15.5 Å². The highest BCUT2D eigenvalue weighted by atomic mass is 16.6. The SMILES string of the molecule is CC(C)(C)OC(=O)Nc1ncn(CC(=O)NN)n1. The van der Waals surface area contributed by atoms with E-state index in [1.165, 1.54) is 11.0 Å². The van der Waals surface area contributed by atoms with Gasteiger partial charge in [-0.05, 0) is 20.8 Å². The molecule has 1 heterocycles. The van der Waals surface area contributed by atoms with Crippen molar-refractivity contribution >= 4 is 17.9 Å². The fourth-order valence-corrected chi connectivity index (χ4v) is 1.02. The summed E-state index contributed by atoms with van der Waals surface area (Å²) in [6.45, 7) is 5.14. The van der Waals surface area contributed by atoms with Gasteiger partial charge in [0.05, 0.1) is 0 Å². The van der Waals surface area contributed by atoms with Crippen LogP contribution in [-0.4, -0.2) is 32.4 Å². The van der Waals surface area contributed by atoms with Crippen molar-refractivity contribution in [3.8, 4) is 0 Å². The fourth-order valence-electron chi connectivity index (χ4n) is 1.02. The largest absolute Gasteiger partial charge is 0.444 e. The van der Waals surface area contributed by atoms with E-state index >= 15 is 0 Å². The van der Waals surface area contributed by atoms with Crippen LogP contribution in [0, 0.1) is 0 Å². The van der Waals surface area contributed by atoms with Gasteiger partial charge in [-0.2, -0.15) is 0 Å². The first-order valence-corrected chi connectivity index (χ1v) is 5.19. The zero-order valence-electron chi connectivity index (χ0n) is 10.4. The van der Waals surface area contributed by atoms with Gasteiger partial charge in [0.2, 0.25) is 0 Å². The van der Waals surface area contributed by atoms with E-state index in [4.69, 9.17) is 10.6 Å². The Labute approximate surface area is 104 Å². The lowest BCUT2D eigenvalue weighted by atomic mass is 10.2. The van der Waals surface area contributed by atoms with E-state index in [9.17, 15) is 9.59 Å². The topological polar surface area (TPSA) is 124 Å². The average Bonchev–Trinajstić information content (AvgIpc) is 2.62. The highest BCUT2D eigenvalue weighted by molar-refractivity contribution is 5.82. The number of hydrogen-bond acceptors (Lipinski definition) is 6. The van der Waals surface area contributed by atoms with Crippen LogP contribution in [0.1, 0.15) is 20.8 Å². The number of anilines is 1. The van der Waals surface area contributed by atoms with Gasteiger partial charge in [-0.15, -0.1) is 5.10 Å². The van der Waals surface area contributed by atoms with Gasteiger partial charge in [0.25, 0.3) is 11.9 Å². The molecular formula is C9H16N6O3. The molecule has 0 aromatic carbocycles.